The van der Waals surface area contributed by atoms with Gasteiger partial charge in [-0.15, -0.1) is 0 Å². The number of anilines is 1. The maximum absolute atomic E-state index is 14.7. The minimum atomic E-state index is -0.276. The summed E-state index contributed by atoms with van der Waals surface area (Å²) in [5.74, 6) is 0.615. The first-order valence-electron chi connectivity index (χ1n) is 11.0. The number of aliphatic hydroxyl groups is 1. The number of guanidine groups is 1. The molecule has 0 saturated carbocycles. The number of likely N-dealkylation sites (tertiary alicyclic amines) is 1. The number of aliphatic hydroxyl groups excluding tert-OH is 1. The Morgan fingerprint density at radius 3 is 2.67 bits per heavy atom. The molecular formula is C22H34FN5O2. The molecule has 0 aromatic heterocycles. The molecule has 30 heavy (non-hydrogen) atoms. The molecule has 2 heterocycles. The summed E-state index contributed by atoms with van der Waals surface area (Å²) < 4.78 is 14.7. The first-order valence-corrected chi connectivity index (χ1v) is 11.0. The van der Waals surface area contributed by atoms with Gasteiger partial charge in [0.05, 0.1) is 18.3 Å². The normalized spacial score (nSPS) is 20.5. The van der Waals surface area contributed by atoms with Crippen molar-refractivity contribution < 1.29 is 14.3 Å². The SMILES string of the molecule is CCNC(=NCc1ccc(N2CCC(O)CC2)c(F)c1)NC1CCN(C(=O)CC)C1. The topological polar surface area (TPSA) is 80.2 Å². The van der Waals surface area contributed by atoms with Crippen molar-refractivity contribution in [2.24, 2.45) is 4.99 Å². The van der Waals surface area contributed by atoms with E-state index in [4.69, 9.17) is 0 Å². The number of halogens is 1. The van der Waals surface area contributed by atoms with Crippen LogP contribution in [0.2, 0.25) is 0 Å². The van der Waals surface area contributed by atoms with Gasteiger partial charge in [0.1, 0.15) is 5.82 Å². The van der Waals surface area contributed by atoms with E-state index in [-0.39, 0.29) is 23.9 Å². The highest BCUT2D eigenvalue weighted by Gasteiger charge is 2.25. The third kappa shape index (κ3) is 5.84. The molecule has 8 heteroatoms. The fourth-order valence-corrected chi connectivity index (χ4v) is 4.02. The van der Waals surface area contributed by atoms with Gasteiger partial charge in [-0.3, -0.25) is 4.79 Å². The highest BCUT2D eigenvalue weighted by Crippen LogP contribution is 2.24. The van der Waals surface area contributed by atoms with Crippen LogP contribution in [0, 0.1) is 5.82 Å². The summed E-state index contributed by atoms with van der Waals surface area (Å²) in [4.78, 5) is 20.4. The van der Waals surface area contributed by atoms with Gasteiger partial charge in [0, 0.05) is 45.2 Å². The summed E-state index contributed by atoms with van der Waals surface area (Å²) in [6.45, 7) is 7.77. The van der Waals surface area contributed by atoms with Crippen LogP contribution in [0.25, 0.3) is 0 Å². The number of carbonyl (C=O) groups is 1. The zero-order valence-corrected chi connectivity index (χ0v) is 18.0. The van der Waals surface area contributed by atoms with Gasteiger partial charge in [-0.1, -0.05) is 13.0 Å². The molecule has 2 aliphatic heterocycles. The van der Waals surface area contributed by atoms with Crippen LogP contribution in [-0.2, 0) is 11.3 Å². The number of nitrogens with zero attached hydrogens (tertiary/aromatic N) is 3. The first kappa shape index (κ1) is 22.3. The number of carbonyl (C=O) groups excluding carboxylic acids is 1. The Morgan fingerprint density at radius 2 is 2.00 bits per heavy atom. The number of benzene rings is 1. The van der Waals surface area contributed by atoms with E-state index in [2.05, 4.69) is 15.6 Å². The monoisotopic (exact) mass is 419 g/mol. The Balaban J connectivity index is 1.59. The van der Waals surface area contributed by atoms with Crippen LogP contribution in [0.3, 0.4) is 0 Å². The van der Waals surface area contributed by atoms with Gasteiger partial charge in [0.25, 0.3) is 0 Å². The third-order valence-corrected chi connectivity index (χ3v) is 5.77. The predicted octanol–water partition coefficient (Wildman–Crippen LogP) is 1.85. The second-order valence-corrected chi connectivity index (χ2v) is 8.02. The minimum absolute atomic E-state index is 0.173. The zero-order valence-electron chi connectivity index (χ0n) is 18.0. The van der Waals surface area contributed by atoms with E-state index in [1.807, 2.05) is 35.8 Å². The van der Waals surface area contributed by atoms with Crippen LogP contribution in [0.5, 0.6) is 0 Å². The maximum Gasteiger partial charge on any atom is 0.222 e. The van der Waals surface area contributed by atoms with Crippen molar-refractivity contribution in [2.75, 3.05) is 37.6 Å². The molecule has 166 valence electrons. The molecule has 3 N–H and O–H groups in total. The summed E-state index contributed by atoms with van der Waals surface area (Å²) in [7, 11) is 0. The molecule has 3 rings (SSSR count). The van der Waals surface area contributed by atoms with Crippen LogP contribution in [0.1, 0.15) is 45.1 Å². The highest BCUT2D eigenvalue weighted by molar-refractivity contribution is 5.80. The van der Waals surface area contributed by atoms with E-state index in [1.165, 1.54) is 0 Å². The average molecular weight is 420 g/mol. The molecule has 0 bridgehead atoms. The molecule has 0 spiro atoms. The number of hydrogen-bond acceptors (Lipinski definition) is 4. The minimum Gasteiger partial charge on any atom is -0.393 e. The summed E-state index contributed by atoms with van der Waals surface area (Å²) in [5.41, 5.74) is 1.39. The molecule has 1 atom stereocenters. The van der Waals surface area contributed by atoms with Crippen molar-refractivity contribution in [3.63, 3.8) is 0 Å². The molecule has 2 fully saturated rings. The Morgan fingerprint density at radius 1 is 1.23 bits per heavy atom. The van der Waals surface area contributed by atoms with Crippen molar-refractivity contribution in [2.45, 2.75) is 58.2 Å². The van der Waals surface area contributed by atoms with Crippen molar-refractivity contribution in [3.05, 3.63) is 29.6 Å². The third-order valence-electron chi connectivity index (χ3n) is 5.77. The highest BCUT2D eigenvalue weighted by atomic mass is 19.1. The van der Waals surface area contributed by atoms with Crippen LogP contribution in [-0.4, -0.2) is 66.7 Å². The maximum atomic E-state index is 14.7. The summed E-state index contributed by atoms with van der Waals surface area (Å²) in [6, 6.07) is 5.44. The number of rotatable bonds is 6. The first-order chi connectivity index (χ1) is 14.5. The van der Waals surface area contributed by atoms with E-state index in [0.717, 1.165) is 25.1 Å². The number of aliphatic imine (C=N–C) groups is 1. The fraction of sp³-hybridized carbons (Fsp3) is 0.636. The molecule has 0 radical (unpaired) electrons. The van der Waals surface area contributed by atoms with Crippen LogP contribution in [0.4, 0.5) is 10.1 Å². The molecular weight excluding hydrogens is 385 g/mol. The molecule has 1 aromatic rings. The van der Waals surface area contributed by atoms with Crippen molar-refractivity contribution >= 4 is 17.6 Å². The van der Waals surface area contributed by atoms with Gasteiger partial charge in [-0.25, -0.2) is 9.38 Å². The van der Waals surface area contributed by atoms with Gasteiger partial charge in [-0.2, -0.15) is 0 Å². The lowest BCUT2D eigenvalue weighted by Crippen LogP contribution is -2.45. The summed E-state index contributed by atoms with van der Waals surface area (Å²) in [6.07, 6.45) is 2.49. The second kappa shape index (κ2) is 10.6. The van der Waals surface area contributed by atoms with Crippen LogP contribution in [0.15, 0.2) is 23.2 Å². The van der Waals surface area contributed by atoms with E-state index in [1.54, 1.807) is 6.07 Å². The standard InChI is InChI=1S/C22H34FN5O2/c1-3-21(30)28-10-7-17(15-28)26-22(24-4-2)25-14-16-5-6-20(19(23)13-16)27-11-8-18(29)9-12-27/h5-6,13,17-18,29H,3-4,7-12,14-15H2,1-2H3,(H2,24,25,26). The summed E-state index contributed by atoms with van der Waals surface area (Å²) in [5, 5.41) is 16.3. The second-order valence-electron chi connectivity index (χ2n) is 8.02. The lowest BCUT2D eigenvalue weighted by molar-refractivity contribution is -0.129. The van der Waals surface area contributed by atoms with Gasteiger partial charge in [0.2, 0.25) is 5.91 Å². The number of nitrogens with one attached hydrogen (secondary N) is 2. The molecule has 0 aliphatic carbocycles. The average Bonchev–Trinajstić information content (AvgIpc) is 3.21. The van der Waals surface area contributed by atoms with Gasteiger partial charge < -0.3 is 25.5 Å². The van der Waals surface area contributed by atoms with E-state index >= 15 is 0 Å². The molecule has 7 nitrogen and oxygen atoms in total. The molecule has 1 unspecified atom stereocenters. The Bertz CT molecular complexity index is 749. The molecule has 2 aliphatic rings. The lowest BCUT2D eigenvalue weighted by Gasteiger charge is -2.31. The Labute approximate surface area is 178 Å². The van der Waals surface area contributed by atoms with Crippen molar-refractivity contribution in [1.29, 1.82) is 0 Å². The number of hydrogen-bond donors (Lipinski definition) is 3. The zero-order chi connectivity index (χ0) is 21.5. The van der Waals surface area contributed by atoms with Crippen LogP contribution >= 0.6 is 0 Å². The molecule has 1 amide bonds. The lowest BCUT2D eigenvalue weighted by atomic mass is 10.1. The quantitative estimate of drug-likeness (QED) is 0.484. The van der Waals surface area contributed by atoms with E-state index in [0.29, 0.717) is 57.1 Å². The largest absolute Gasteiger partial charge is 0.393 e. The van der Waals surface area contributed by atoms with Crippen LogP contribution < -0.4 is 15.5 Å². The summed E-state index contributed by atoms with van der Waals surface area (Å²) >= 11 is 0. The van der Waals surface area contributed by atoms with Gasteiger partial charge in [0.15, 0.2) is 5.96 Å². The van der Waals surface area contributed by atoms with Gasteiger partial charge >= 0.3 is 0 Å². The number of piperidine rings is 1. The number of amides is 1. The fourth-order valence-electron chi connectivity index (χ4n) is 4.02. The molecule has 2 saturated heterocycles. The smallest absolute Gasteiger partial charge is 0.222 e. The van der Waals surface area contributed by atoms with E-state index in [9.17, 15) is 14.3 Å². The Kier molecular flexibility index (Phi) is 7.90. The molecule has 1 aromatic carbocycles. The predicted molar refractivity (Wildman–Crippen MR) is 117 cm³/mol. The van der Waals surface area contributed by atoms with Crippen molar-refractivity contribution in [3.8, 4) is 0 Å². The Hall–Kier alpha value is -2.35. The van der Waals surface area contributed by atoms with E-state index < -0.39 is 0 Å². The van der Waals surface area contributed by atoms with Crippen molar-refractivity contribution in [1.82, 2.24) is 15.5 Å². The van der Waals surface area contributed by atoms with Gasteiger partial charge in [-0.05, 0) is 43.9 Å².